The number of aromatic nitrogens is 2. The van der Waals surface area contributed by atoms with E-state index in [0.29, 0.717) is 11.2 Å². The van der Waals surface area contributed by atoms with E-state index in [9.17, 15) is 0 Å². The molecule has 1 aromatic heterocycles. The zero-order valence-corrected chi connectivity index (χ0v) is 11.0. The summed E-state index contributed by atoms with van der Waals surface area (Å²) in [7, 11) is 0. The maximum Gasteiger partial charge on any atom is 0.137 e. The van der Waals surface area contributed by atoms with E-state index < -0.39 is 0 Å². The number of nitrogens with zero attached hydrogens (tertiary/aromatic N) is 3. The van der Waals surface area contributed by atoms with Crippen LogP contribution in [-0.2, 0) is 6.42 Å². The fourth-order valence-electron chi connectivity index (χ4n) is 2.47. The number of hydrogen-bond donors (Lipinski definition) is 1. The molecule has 1 saturated heterocycles. The molecule has 1 aromatic rings. The van der Waals surface area contributed by atoms with Crippen LogP contribution >= 0.6 is 0 Å². The molecule has 0 spiro atoms. The monoisotopic (exact) mass is 234 g/mol. The lowest BCUT2D eigenvalue weighted by molar-refractivity contribution is 0.418. The molecule has 0 radical (unpaired) electrons. The molecule has 1 aliphatic rings. The molecule has 4 nitrogen and oxygen atoms in total. The van der Waals surface area contributed by atoms with Crippen molar-refractivity contribution in [1.29, 1.82) is 0 Å². The fourth-order valence-corrected chi connectivity index (χ4v) is 2.47. The van der Waals surface area contributed by atoms with Gasteiger partial charge in [-0.25, -0.2) is 9.97 Å². The number of nitrogens with two attached hydrogens (primary N) is 1. The summed E-state index contributed by atoms with van der Waals surface area (Å²) in [5, 5.41) is 0. The van der Waals surface area contributed by atoms with Crippen LogP contribution in [0.2, 0.25) is 0 Å². The second-order valence-electron chi connectivity index (χ2n) is 5.65. The maximum atomic E-state index is 5.96. The summed E-state index contributed by atoms with van der Waals surface area (Å²) < 4.78 is 0. The molecular weight excluding hydrogens is 212 g/mol. The smallest absolute Gasteiger partial charge is 0.137 e. The Morgan fingerprint density at radius 2 is 2.18 bits per heavy atom. The van der Waals surface area contributed by atoms with Gasteiger partial charge in [-0.3, -0.25) is 0 Å². The highest BCUT2D eigenvalue weighted by Gasteiger charge is 2.31. The second-order valence-corrected chi connectivity index (χ2v) is 5.65. The second kappa shape index (κ2) is 4.51. The van der Waals surface area contributed by atoms with Gasteiger partial charge in [0.25, 0.3) is 0 Å². The first-order chi connectivity index (χ1) is 8.03. The van der Waals surface area contributed by atoms with Crippen LogP contribution in [0, 0.1) is 5.41 Å². The third kappa shape index (κ3) is 2.51. The molecule has 17 heavy (non-hydrogen) atoms. The summed E-state index contributed by atoms with van der Waals surface area (Å²) in [6.45, 7) is 8.89. The summed E-state index contributed by atoms with van der Waals surface area (Å²) in [5.41, 5.74) is 7.46. The number of anilines is 2. The Morgan fingerprint density at radius 3 is 2.76 bits per heavy atom. The largest absolute Gasteiger partial charge is 0.383 e. The minimum absolute atomic E-state index is 0.378. The Hall–Kier alpha value is -1.32. The van der Waals surface area contributed by atoms with Crippen molar-refractivity contribution < 1.29 is 0 Å². The van der Waals surface area contributed by atoms with Crippen LogP contribution in [0.15, 0.2) is 6.33 Å². The molecule has 0 unspecified atom stereocenters. The number of hydrogen-bond acceptors (Lipinski definition) is 4. The van der Waals surface area contributed by atoms with E-state index in [1.807, 2.05) is 0 Å². The highest BCUT2D eigenvalue weighted by molar-refractivity contribution is 5.57. The van der Waals surface area contributed by atoms with E-state index in [1.54, 1.807) is 6.33 Å². The van der Waals surface area contributed by atoms with Crippen LogP contribution in [0.5, 0.6) is 0 Å². The van der Waals surface area contributed by atoms with Crippen molar-refractivity contribution in [2.24, 2.45) is 5.41 Å². The summed E-state index contributed by atoms with van der Waals surface area (Å²) in [5.74, 6) is 1.69. The van der Waals surface area contributed by atoms with Gasteiger partial charge in [-0.05, 0) is 18.3 Å². The van der Waals surface area contributed by atoms with Gasteiger partial charge < -0.3 is 10.6 Å². The molecule has 0 amide bonds. The topological polar surface area (TPSA) is 55.0 Å². The van der Waals surface area contributed by atoms with Gasteiger partial charge in [-0.2, -0.15) is 0 Å². The molecule has 94 valence electrons. The zero-order valence-electron chi connectivity index (χ0n) is 11.0. The first kappa shape index (κ1) is 12.1. The van der Waals surface area contributed by atoms with Crippen LogP contribution in [-0.4, -0.2) is 23.1 Å². The average Bonchev–Trinajstić information content (AvgIpc) is 2.62. The lowest BCUT2D eigenvalue weighted by atomic mass is 9.93. The first-order valence-electron chi connectivity index (χ1n) is 6.38. The zero-order chi connectivity index (χ0) is 12.5. The standard InChI is InChI=1S/C13H22N4/c1-4-5-10-11(14)15-9-16-12(10)17-7-6-13(2,3)8-17/h9H,4-8H2,1-3H3,(H2,14,15,16). The lowest BCUT2D eigenvalue weighted by Gasteiger charge is -2.23. The third-order valence-corrected chi connectivity index (χ3v) is 3.43. The molecule has 2 heterocycles. The molecule has 1 fully saturated rings. The number of rotatable bonds is 3. The van der Waals surface area contributed by atoms with Crippen molar-refractivity contribution in [1.82, 2.24) is 9.97 Å². The minimum atomic E-state index is 0.378. The third-order valence-electron chi connectivity index (χ3n) is 3.43. The van der Waals surface area contributed by atoms with Crippen molar-refractivity contribution in [3.63, 3.8) is 0 Å². The highest BCUT2D eigenvalue weighted by Crippen LogP contribution is 2.34. The highest BCUT2D eigenvalue weighted by atomic mass is 15.2. The predicted molar refractivity (Wildman–Crippen MR) is 71.1 cm³/mol. The molecule has 2 rings (SSSR count). The molecular formula is C13H22N4. The molecule has 0 aromatic carbocycles. The molecule has 0 aliphatic carbocycles. The van der Waals surface area contributed by atoms with Crippen LogP contribution in [0.3, 0.4) is 0 Å². The number of nitrogen functional groups attached to an aromatic ring is 1. The predicted octanol–water partition coefficient (Wildman–Crippen LogP) is 2.25. The summed E-state index contributed by atoms with van der Waals surface area (Å²) in [6, 6.07) is 0. The van der Waals surface area contributed by atoms with Crippen molar-refractivity contribution in [3.05, 3.63) is 11.9 Å². The summed E-state index contributed by atoms with van der Waals surface area (Å²) in [6.07, 6.45) is 4.82. The van der Waals surface area contributed by atoms with E-state index in [-0.39, 0.29) is 0 Å². The van der Waals surface area contributed by atoms with Crippen LogP contribution in [0.4, 0.5) is 11.6 Å². The van der Waals surface area contributed by atoms with Crippen molar-refractivity contribution in [2.45, 2.75) is 40.0 Å². The van der Waals surface area contributed by atoms with E-state index in [1.165, 1.54) is 6.42 Å². The van der Waals surface area contributed by atoms with E-state index in [4.69, 9.17) is 5.73 Å². The molecule has 1 aliphatic heterocycles. The van der Waals surface area contributed by atoms with Crippen molar-refractivity contribution in [3.8, 4) is 0 Å². The Kier molecular flexibility index (Phi) is 3.22. The molecule has 0 bridgehead atoms. The minimum Gasteiger partial charge on any atom is -0.383 e. The van der Waals surface area contributed by atoms with Gasteiger partial charge in [0.2, 0.25) is 0 Å². The molecule has 0 atom stereocenters. The van der Waals surface area contributed by atoms with Crippen LogP contribution < -0.4 is 10.6 Å². The lowest BCUT2D eigenvalue weighted by Crippen LogP contribution is -2.25. The molecule has 2 N–H and O–H groups in total. The van der Waals surface area contributed by atoms with Gasteiger partial charge in [0.1, 0.15) is 18.0 Å². The van der Waals surface area contributed by atoms with E-state index >= 15 is 0 Å². The molecule has 0 saturated carbocycles. The van der Waals surface area contributed by atoms with Gasteiger partial charge in [0.15, 0.2) is 0 Å². The Balaban J connectivity index is 2.29. The Labute approximate surface area is 103 Å². The normalized spacial score (nSPS) is 18.6. The first-order valence-corrected chi connectivity index (χ1v) is 6.38. The van der Waals surface area contributed by atoms with Crippen LogP contribution in [0.1, 0.15) is 39.2 Å². The van der Waals surface area contributed by atoms with E-state index in [0.717, 1.165) is 37.3 Å². The summed E-state index contributed by atoms with van der Waals surface area (Å²) in [4.78, 5) is 10.9. The Bertz CT molecular complexity index is 400. The SMILES string of the molecule is CCCc1c(N)ncnc1N1CCC(C)(C)C1. The van der Waals surface area contributed by atoms with Gasteiger partial charge >= 0.3 is 0 Å². The van der Waals surface area contributed by atoms with Crippen molar-refractivity contribution >= 4 is 11.6 Å². The quantitative estimate of drug-likeness (QED) is 0.871. The average molecular weight is 234 g/mol. The maximum absolute atomic E-state index is 5.96. The van der Waals surface area contributed by atoms with Gasteiger partial charge in [-0.1, -0.05) is 27.2 Å². The van der Waals surface area contributed by atoms with Crippen molar-refractivity contribution in [2.75, 3.05) is 23.7 Å². The van der Waals surface area contributed by atoms with Gasteiger partial charge in [0.05, 0.1) is 0 Å². The molecule has 4 heteroatoms. The van der Waals surface area contributed by atoms with Crippen LogP contribution in [0.25, 0.3) is 0 Å². The fraction of sp³-hybridized carbons (Fsp3) is 0.692. The van der Waals surface area contributed by atoms with Gasteiger partial charge in [-0.15, -0.1) is 0 Å². The summed E-state index contributed by atoms with van der Waals surface area (Å²) >= 11 is 0. The Morgan fingerprint density at radius 1 is 1.41 bits per heavy atom. The van der Waals surface area contributed by atoms with E-state index in [2.05, 4.69) is 35.6 Å². The van der Waals surface area contributed by atoms with Gasteiger partial charge in [0, 0.05) is 18.7 Å².